The molecule has 0 rings (SSSR count). The summed E-state index contributed by atoms with van der Waals surface area (Å²) in [6, 6.07) is 0. The lowest BCUT2D eigenvalue weighted by Crippen LogP contribution is -2.04. The van der Waals surface area contributed by atoms with Crippen LogP contribution in [0.3, 0.4) is 0 Å². The number of unbranched alkanes of at least 4 members (excludes halogenated alkanes) is 11. The third-order valence-electron chi connectivity index (χ3n) is 3.45. The SMILES string of the molecule is C=C(Cl)C(=O)OCCCCCCCCCCCCCC. The molecule has 0 spiro atoms. The van der Waals surface area contributed by atoms with Gasteiger partial charge in [0, 0.05) is 0 Å². The number of hydrogen-bond donors (Lipinski definition) is 0. The van der Waals surface area contributed by atoms with Crippen molar-refractivity contribution in [1.82, 2.24) is 0 Å². The molecule has 0 bridgehead atoms. The summed E-state index contributed by atoms with van der Waals surface area (Å²) in [5.41, 5.74) is 0. The third kappa shape index (κ3) is 13.9. The molecule has 0 radical (unpaired) electrons. The van der Waals surface area contributed by atoms with E-state index >= 15 is 0 Å². The molecular weight excluding hydrogens is 272 g/mol. The van der Waals surface area contributed by atoms with Crippen LogP contribution in [0.4, 0.5) is 0 Å². The molecule has 20 heavy (non-hydrogen) atoms. The average Bonchev–Trinajstić information content (AvgIpc) is 2.43. The van der Waals surface area contributed by atoms with Crippen LogP contribution in [0.25, 0.3) is 0 Å². The van der Waals surface area contributed by atoms with Crippen molar-refractivity contribution in [2.75, 3.05) is 6.61 Å². The monoisotopic (exact) mass is 302 g/mol. The second-order valence-electron chi connectivity index (χ2n) is 5.43. The highest BCUT2D eigenvalue weighted by Crippen LogP contribution is 2.12. The highest BCUT2D eigenvalue weighted by molar-refractivity contribution is 6.40. The molecule has 0 aromatic heterocycles. The summed E-state index contributed by atoms with van der Waals surface area (Å²) in [6.07, 6.45) is 15.6. The first-order chi connectivity index (χ1) is 9.68. The van der Waals surface area contributed by atoms with E-state index < -0.39 is 5.97 Å². The Kier molecular flexibility index (Phi) is 14.5. The molecule has 0 atom stereocenters. The first-order valence-electron chi connectivity index (χ1n) is 8.20. The summed E-state index contributed by atoms with van der Waals surface area (Å²) in [5.74, 6) is -0.491. The summed E-state index contributed by atoms with van der Waals surface area (Å²) in [6.45, 7) is 6.04. The van der Waals surface area contributed by atoms with E-state index in [0.717, 1.165) is 12.8 Å². The Morgan fingerprint density at radius 3 is 1.65 bits per heavy atom. The van der Waals surface area contributed by atoms with E-state index in [4.69, 9.17) is 16.3 Å². The maximum absolute atomic E-state index is 11.0. The topological polar surface area (TPSA) is 26.3 Å². The summed E-state index contributed by atoms with van der Waals surface area (Å²) in [7, 11) is 0. The molecule has 0 unspecified atom stereocenters. The van der Waals surface area contributed by atoms with E-state index in [1.54, 1.807) is 0 Å². The summed E-state index contributed by atoms with van der Waals surface area (Å²) in [5, 5.41) is -0.0380. The van der Waals surface area contributed by atoms with E-state index in [2.05, 4.69) is 13.5 Å². The van der Waals surface area contributed by atoms with Gasteiger partial charge < -0.3 is 4.74 Å². The van der Waals surface area contributed by atoms with Crippen molar-refractivity contribution in [1.29, 1.82) is 0 Å². The smallest absolute Gasteiger partial charge is 0.349 e. The van der Waals surface area contributed by atoms with Gasteiger partial charge in [0.15, 0.2) is 0 Å². The number of hydrogen-bond acceptors (Lipinski definition) is 2. The van der Waals surface area contributed by atoms with Gasteiger partial charge in [0.05, 0.1) is 6.61 Å². The lowest BCUT2D eigenvalue weighted by Gasteiger charge is -2.04. The van der Waals surface area contributed by atoms with Gasteiger partial charge in [-0.1, -0.05) is 95.7 Å². The predicted octanol–water partition coefficient (Wildman–Crippen LogP) is 5.98. The fourth-order valence-corrected chi connectivity index (χ4v) is 2.24. The molecule has 0 aliphatic heterocycles. The second-order valence-corrected chi connectivity index (χ2v) is 5.89. The Morgan fingerprint density at radius 1 is 0.850 bits per heavy atom. The molecule has 0 aromatic rings. The van der Waals surface area contributed by atoms with E-state index in [0.29, 0.717) is 6.61 Å². The van der Waals surface area contributed by atoms with E-state index in [1.165, 1.54) is 64.2 Å². The molecule has 0 heterocycles. The van der Waals surface area contributed by atoms with Crippen LogP contribution in [-0.2, 0) is 9.53 Å². The molecule has 0 N–H and O–H groups in total. The van der Waals surface area contributed by atoms with Crippen LogP contribution in [0, 0.1) is 0 Å². The minimum atomic E-state index is -0.491. The molecule has 0 saturated heterocycles. The van der Waals surface area contributed by atoms with Crippen molar-refractivity contribution in [3.05, 3.63) is 11.6 Å². The highest BCUT2D eigenvalue weighted by atomic mass is 35.5. The van der Waals surface area contributed by atoms with Crippen molar-refractivity contribution in [3.63, 3.8) is 0 Å². The average molecular weight is 303 g/mol. The number of halogens is 1. The van der Waals surface area contributed by atoms with Crippen LogP contribution in [0.15, 0.2) is 11.6 Å². The quantitative estimate of drug-likeness (QED) is 0.224. The van der Waals surface area contributed by atoms with Gasteiger partial charge in [-0.25, -0.2) is 4.79 Å². The van der Waals surface area contributed by atoms with Crippen molar-refractivity contribution >= 4 is 17.6 Å². The number of carbonyl (C=O) groups excluding carboxylic acids is 1. The Morgan fingerprint density at radius 2 is 1.25 bits per heavy atom. The van der Waals surface area contributed by atoms with Gasteiger partial charge in [0.25, 0.3) is 0 Å². The van der Waals surface area contributed by atoms with Crippen LogP contribution >= 0.6 is 11.6 Å². The molecule has 3 heteroatoms. The van der Waals surface area contributed by atoms with Crippen LogP contribution < -0.4 is 0 Å². The van der Waals surface area contributed by atoms with Crippen molar-refractivity contribution in [2.45, 2.75) is 84.0 Å². The minimum Gasteiger partial charge on any atom is -0.461 e. The van der Waals surface area contributed by atoms with Gasteiger partial charge in [-0.2, -0.15) is 0 Å². The van der Waals surface area contributed by atoms with Crippen LogP contribution in [0.2, 0.25) is 0 Å². The zero-order valence-corrected chi connectivity index (χ0v) is 13.8. The molecule has 0 saturated carbocycles. The summed E-state index contributed by atoms with van der Waals surface area (Å²) >= 11 is 5.41. The molecule has 0 aromatic carbocycles. The van der Waals surface area contributed by atoms with Crippen molar-refractivity contribution in [3.8, 4) is 0 Å². The van der Waals surface area contributed by atoms with Crippen LogP contribution in [0.5, 0.6) is 0 Å². The van der Waals surface area contributed by atoms with E-state index in [-0.39, 0.29) is 5.03 Å². The lowest BCUT2D eigenvalue weighted by atomic mass is 10.1. The molecule has 118 valence electrons. The maximum atomic E-state index is 11.0. The molecule has 2 nitrogen and oxygen atoms in total. The number of carbonyl (C=O) groups is 1. The first-order valence-corrected chi connectivity index (χ1v) is 8.57. The number of esters is 1. The Bertz CT molecular complexity index is 251. The van der Waals surface area contributed by atoms with Gasteiger partial charge in [-0.05, 0) is 6.42 Å². The fraction of sp³-hybridized carbons (Fsp3) is 0.824. The molecule has 0 fully saturated rings. The Balaban J connectivity index is 3.06. The largest absolute Gasteiger partial charge is 0.461 e. The van der Waals surface area contributed by atoms with Crippen molar-refractivity contribution in [2.24, 2.45) is 0 Å². The van der Waals surface area contributed by atoms with Crippen LogP contribution in [0.1, 0.15) is 84.0 Å². The predicted molar refractivity (Wildman–Crippen MR) is 87.0 cm³/mol. The fourth-order valence-electron chi connectivity index (χ4n) is 2.19. The summed E-state index contributed by atoms with van der Waals surface area (Å²) < 4.78 is 4.92. The number of rotatable bonds is 14. The zero-order valence-electron chi connectivity index (χ0n) is 13.1. The van der Waals surface area contributed by atoms with Gasteiger partial charge in [-0.3, -0.25) is 0 Å². The van der Waals surface area contributed by atoms with Crippen LogP contribution in [-0.4, -0.2) is 12.6 Å². The standard InChI is InChI=1S/C17H31ClO2/c1-3-4-5-6-7-8-9-10-11-12-13-14-15-20-17(19)16(2)18/h2-15H2,1H3. The second kappa shape index (κ2) is 14.9. The third-order valence-corrected chi connectivity index (χ3v) is 3.61. The molecular formula is C17H31ClO2. The van der Waals surface area contributed by atoms with Crippen molar-refractivity contribution < 1.29 is 9.53 Å². The zero-order chi connectivity index (χ0) is 15.1. The number of ether oxygens (including phenoxy) is 1. The van der Waals surface area contributed by atoms with Gasteiger partial charge in [0.2, 0.25) is 0 Å². The Labute approximate surface area is 129 Å². The summed E-state index contributed by atoms with van der Waals surface area (Å²) in [4.78, 5) is 11.0. The normalized spacial score (nSPS) is 10.5. The molecule has 0 amide bonds. The minimum absolute atomic E-state index is 0.0380. The highest BCUT2D eigenvalue weighted by Gasteiger charge is 2.03. The lowest BCUT2D eigenvalue weighted by molar-refractivity contribution is -0.138. The molecule has 0 aliphatic carbocycles. The Hall–Kier alpha value is -0.500. The van der Waals surface area contributed by atoms with Gasteiger partial charge >= 0.3 is 5.97 Å². The van der Waals surface area contributed by atoms with E-state index in [9.17, 15) is 4.79 Å². The first kappa shape index (κ1) is 19.5. The molecule has 0 aliphatic rings. The van der Waals surface area contributed by atoms with Gasteiger partial charge in [0.1, 0.15) is 5.03 Å². The maximum Gasteiger partial charge on any atom is 0.349 e. The van der Waals surface area contributed by atoms with E-state index in [1.807, 2.05) is 0 Å². The van der Waals surface area contributed by atoms with Gasteiger partial charge in [-0.15, -0.1) is 0 Å².